The van der Waals surface area contributed by atoms with Crippen LogP contribution in [-0.2, 0) is 21.4 Å². The first-order valence-electron chi connectivity index (χ1n) is 11.4. The van der Waals surface area contributed by atoms with Gasteiger partial charge in [-0.3, -0.25) is 9.52 Å². The number of anilines is 2. The summed E-state index contributed by atoms with van der Waals surface area (Å²) in [6.45, 7) is 4.12. The maximum absolute atomic E-state index is 13.1. The van der Waals surface area contributed by atoms with Crippen molar-refractivity contribution >= 4 is 49.1 Å². The Morgan fingerprint density at radius 3 is 2.69 bits per heavy atom. The molecule has 1 aliphatic heterocycles. The number of thiazole rings is 1. The standard InChI is InChI=1S/C24H26N6O4S2/c1-17-15-28(19-3-5-21(6-4-19)36(32,33)27-24-25-8-12-35-24)10-11-30(17)22(31)16-29-9-7-18-13-20(34-2)14-26-23(18)29/h3-9,12-14,17H,10-11,15-16H2,1-2H3,(H,25,27). The van der Waals surface area contributed by atoms with Gasteiger partial charge in [0.2, 0.25) is 5.91 Å². The summed E-state index contributed by atoms with van der Waals surface area (Å²) in [6.07, 6.45) is 5.07. The van der Waals surface area contributed by atoms with Gasteiger partial charge in [0.1, 0.15) is 17.9 Å². The molecule has 3 aromatic heterocycles. The van der Waals surface area contributed by atoms with Crippen LogP contribution in [0.1, 0.15) is 6.92 Å². The first-order chi connectivity index (χ1) is 17.3. The molecule has 5 rings (SSSR count). The third-order valence-electron chi connectivity index (χ3n) is 6.23. The van der Waals surface area contributed by atoms with E-state index in [-0.39, 0.29) is 23.4 Å². The molecular weight excluding hydrogens is 500 g/mol. The van der Waals surface area contributed by atoms with E-state index >= 15 is 0 Å². The van der Waals surface area contributed by atoms with Gasteiger partial charge >= 0.3 is 0 Å². The van der Waals surface area contributed by atoms with Crippen LogP contribution in [-0.4, -0.2) is 66.5 Å². The maximum Gasteiger partial charge on any atom is 0.263 e. The van der Waals surface area contributed by atoms with Crippen molar-refractivity contribution < 1.29 is 17.9 Å². The summed E-state index contributed by atoms with van der Waals surface area (Å²) in [5.41, 5.74) is 1.66. The minimum Gasteiger partial charge on any atom is -0.495 e. The lowest BCUT2D eigenvalue weighted by Gasteiger charge is -2.41. The number of pyridine rings is 1. The van der Waals surface area contributed by atoms with E-state index in [9.17, 15) is 13.2 Å². The highest BCUT2D eigenvalue weighted by Gasteiger charge is 2.28. The van der Waals surface area contributed by atoms with Crippen molar-refractivity contribution in [2.75, 3.05) is 36.4 Å². The van der Waals surface area contributed by atoms with Crippen molar-refractivity contribution in [2.45, 2.75) is 24.4 Å². The summed E-state index contributed by atoms with van der Waals surface area (Å²) in [5.74, 6) is 0.713. The zero-order chi connectivity index (χ0) is 25.3. The van der Waals surface area contributed by atoms with Crippen LogP contribution in [0.25, 0.3) is 11.0 Å². The quantitative estimate of drug-likeness (QED) is 0.394. The Kier molecular flexibility index (Phi) is 6.54. The van der Waals surface area contributed by atoms with Gasteiger partial charge in [-0.15, -0.1) is 11.3 Å². The number of carbonyl (C=O) groups excluding carboxylic acids is 1. The van der Waals surface area contributed by atoms with E-state index in [1.807, 2.05) is 34.7 Å². The van der Waals surface area contributed by atoms with Crippen LogP contribution in [0.4, 0.5) is 10.8 Å². The second-order valence-electron chi connectivity index (χ2n) is 8.55. The number of ether oxygens (including phenoxy) is 1. The predicted molar refractivity (Wildman–Crippen MR) is 139 cm³/mol. The molecule has 1 saturated heterocycles. The molecule has 36 heavy (non-hydrogen) atoms. The van der Waals surface area contributed by atoms with Crippen molar-refractivity contribution in [3.05, 3.63) is 60.4 Å². The van der Waals surface area contributed by atoms with Gasteiger partial charge in [-0.25, -0.2) is 18.4 Å². The van der Waals surface area contributed by atoms with Crippen LogP contribution in [0.15, 0.2) is 65.3 Å². The molecule has 188 valence electrons. The highest BCUT2D eigenvalue weighted by molar-refractivity contribution is 7.93. The number of carbonyl (C=O) groups is 1. The normalized spacial score (nSPS) is 16.3. The molecule has 1 unspecified atom stereocenters. The van der Waals surface area contributed by atoms with Crippen molar-refractivity contribution in [1.29, 1.82) is 0 Å². The second kappa shape index (κ2) is 9.78. The van der Waals surface area contributed by atoms with E-state index in [2.05, 4.69) is 19.6 Å². The monoisotopic (exact) mass is 526 g/mol. The lowest BCUT2D eigenvalue weighted by atomic mass is 10.1. The lowest BCUT2D eigenvalue weighted by Crippen LogP contribution is -2.54. The van der Waals surface area contributed by atoms with Gasteiger partial charge in [0.25, 0.3) is 10.0 Å². The first kappa shape index (κ1) is 24.1. The number of nitrogens with one attached hydrogen (secondary N) is 1. The molecule has 4 heterocycles. The van der Waals surface area contributed by atoms with Crippen LogP contribution in [0.2, 0.25) is 0 Å². The molecule has 0 bridgehead atoms. The third kappa shape index (κ3) is 4.86. The summed E-state index contributed by atoms with van der Waals surface area (Å²) < 4.78 is 34.7. The lowest BCUT2D eigenvalue weighted by molar-refractivity contribution is -0.134. The number of hydrogen-bond donors (Lipinski definition) is 1. The van der Waals surface area contributed by atoms with Gasteiger partial charge in [0, 0.05) is 54.5 Å². The molecule has 0 spiro atoms. The van der Waals surface area contributed by atoms with E-state index < -0.39 is 10.0 Å². The molecule has 0 radical (unpaired) electrons. The number of methoxy groups -OCH3 is 1. The third-order valence-corrected chi connectivity index (χ3v) is 8.40. The number of amides is 1. The molecule has 1 amide bonds. The number of benzene rings is 1. The fraction of sp³-hybridized carbons (Fsp3) is 0.292. The Morgan fingerprint density at radius 1 is 1.19 bits per heavy atom. The summed E-state index contributed by atoms with van der Waals surface area (Å²) in [7, 11) is -2.09. The summed E-state index contributed by atoms with van der Waals surface area (Å²) >= 11 is 1.22. The Hall–Kier alpha value is -3.64. The molecule has 10 nitrogen and oxygen atoms in total. The maximum atomic E-state index is 13.1. The molecular formula is C24H26N6O4S2. The molecule has 12 heteroatoms. The molecule has 0 aliphatic carbocycles. The van der Waals surface area contributed by atoms with E-state index in [0.29, 0.717) is 30.5 Å². The van der Waals surface area contributed by atoms with Gasteiger partial charge in [-0.1, -0.05) is 0 Å². The number of fused-ring (bicyclic) bond motifs is 1. The Bertz CT molecular complexity index is 1470. The smallest absolute Gasteiger partial charge is 0.263 e. The fourth-order valence-corrected chi connectivity index (χ4v) is 6.17. The summed E-state index contributed by atoms with van der Waals surface area (Å²) in [6, 6.07) is 10.6. The number of hydrogen-bond acceptors (Lipinski definition) is 8. The Morgan fingerprint density at radius 2 is 2.00 bits per heavy atom. The topological polar surface area (TPSA) is 110 Å². The van der Waals surface area contributed by atoms with Crippen molar-refractivity contribution in [3.8, 4) is 5.75 Å². The average Bonchev–Trinajstić information content (AvgIpc) is 3.53. The van der Waals surface area contributed by atoms with Crippen molar-refractivity contribution in [3.63, 3.8) is 0 Å². The first-order valence-corrected chi connectivity index (χ1v) is 13.8. The van der Waals surface area contributed by atoms with Gasteiger partial charge in [0.05, 0.1) is 18.2 Å². The number of nitrogens with zero attached hydrogens (tertiary/aromatic N) is 5. The van der Waals surface area contributed by atoms with Crippen LogP contribution in [0.3, 0.4) is 0 Å². The zero-order valence-electron chi connectivity index (χ0n) is 19.9. The van der Waals surface area contributed by atoms with Gasteiger partial charge in [0.15, 0.2) is 5.13 Å². The van der Waals surface area contributed by atoms with Crippen LogP contribution in [0.5, 0.6) is 5.75 Å². The number of rotatable bonds is 7. The average molecular weight is 527 g/mol. The van der Waals surface area contributed by atoms with Gasteiger partial charge in [-0.05, 0) is 43.3 Å². The van der Waals surface area contributed by atoms with Crippen LogP contribution in [0, 0.1) is 0 Å². The Labute approximate surface area is 213 Å². The molecule has 1 atom stereocenters. The van der Waals surface area contributed by atoms with Crippen molar-refractivity contribution in [2.24, 2.45) is 0 Å². The summed E-state index contributed by atoms with van der Waals surface area (Å²) in [4.78, 5) is 25.8. The van der Waals surface area contributed by atoms with E-state index in [1.54, 1.807) is 49.1 Å². The number of sulfonamides is 1. The fourth-order valence-electron chi connectivity index (χ4n) is 4.38. The second-order valence-corrected chi connectivity index (χ2v) is 11.1. The SMILES string of the molecule is COc1cnc2c(ccn2CC(=O)N2CCN(c3ccc(S(=O)(=O)Nc4nccs4)cc3)CC2C)c1. The number of piperazine rings is 1. The molecule has 1 fully saturated rings. The van der Waals surface area contributed by atoms with E-state index in [4.69, 9.17) is 4.74 Å². The van der Waals surface area contributed by atoms with E-state index in [1.165, 1.54) is 11.3 Å². The minimum absolute atomic E-state index is 0.00360. The molecule has 1 N–H and O–H groups in total. The predicted octanol–water partition coefficient (Wildman–Crippen LogP) is 3.04. The highest BCUT2D eigenvalue weighted by Crippen LogP contribution is 2.24. The molecule has 1 aromatic carbocycles. The molecule has 1 aliphatic rings. The molecule has 4 aromatic rings. The Balaban J connectivity index is 1.22. The van der Waals surface area contributed by atoms with Crippen LogP contribution < -0.4 is 14.4 Å². The zero-order valence-corrected chi connectivity index (χ0v) is 21.5. The highest BCUT2D eigenvalue weighted by atomic mass is 32.2. The number of aromatic nitrogens is 3. The van der Waals surface area contributed by atoms with Gasteiger partial charge < -0.3 is 19.1 Å². The summed E-state index contributed by atoms with van der Waals surface area (Å²) in [5, 5.41) is 2.96. The van der Waals surface area contributed by atoms with Crippen LogP contribution >= 0.6 is 11.3 Å². The van der Waals surface area contributed by atoms with Crippen molar-refractivity contribution in [1.82, 2.24) is 19.4 Å². The van der Waals surface area contributed by atoms with E-state index in [0.717, 1.165) is 16.7 Å². The largest absolute Gasteiger partial charge is 0.495 e. The minimum atomic E-state index is -3.69. The molecule has 0 saturated carbocycles. The van der Waals surface area contributed by atoms with Gasteiger partial charge in [-0.2, -0.15) is 0 Å².